The molecule has 4 aliphatic rings. The van der Waals surface area contributed by atoms with Crippen LogP contribution in [0.25, 0.3) is 0 Å². The molecule has 90 valence electrons. The fourth-order valence-electron chi connectivity index (χ4n) is 3.49. The zero-order valence-corrected chi connectivity index (χ0v) is 9.89. The third-order valence-electron chi connectivity index (χ3n) is 4.48. The standard InChI is InChI=1S/C14H17NO2/c1-2-13-14(17-9-16-13)7-11(1)12-8-15-5-3-10(12)4-6-15/h1-2,7,10,12H,3-6,8-9H2. The molecule has 3 heteroatoms. The molecule has 0 radical (unpaired) electrons. The Hall–Kier alpha value is -1.22. The van der Waals surface area contributed by atoms with E-state index in [0.29, 0.717) is 12.7 Å². The molecule has 3 fully saturated rings. The molecule has 0 saturated carbocycles. The fourth-order valence-corrected chi connectivity index (χ4v) is 3.49. The zero-order valence-electron chi connectivity index (χ0n) is 9.89. The Bertz CT molecular complexity index is 438. The van der Waals surface area contributed by atoms with E-state index in [9.17, 15) is 0 Å². The molecule has 1 aromatic rings. The molecule has 0 amide bonds. The molecule has 1 atom stereocenters. The first-order valence-electron chi connectivity index (χ1n) is 6.52. The first-order chi connectivity index (χ1) is 8.40. The highest BCUT2D eigenvalue weighted by Gasteiger charge is 2.35. The third kappa shape index (κ3) is 1.53. The van der Waals surface area contributed by atoms with Crippen molar-refractivity contribution in [1.82, 2.24) is 4.90 Å². The Balaban J connectivity index is 1.66. The van der Waals surface area contributed by atoms with E-state index >= 15 is 0 Å². The predicted molar refractivity (Wildman–Crippen MR) is 64.5 cm³/mol. The maximum atomic E-state index is 5.47. The van der Waals surface area contributed by atoms with E-state index < -0.39 is 0 Å². The van der Waals surface area contributed by atoms with E-state index in [0.717, 1.165) is 17.4 Å². The van der Waals surface area contributed by atoms with E-state index in [-0.39, 0.29) is 0 Å². The van der Waals surface area contributed by atoms with Gasteiger partial charge in [0.1, 0.15) is 0 Å². The summed E-state index contributed by atoms with van der Waals surface area (Å²) >= 11 is 0. The van der Waals surface area contributed by atoms with Gasteiger partial charge in [-0.2, -0.15) is 0 Å². The van der Waals surface area contributed by atoms with Crippen molar-refractivity contribution in [3.63, 3.8) is 0 Å². The van der Waals surface area contributed by atoms with Crippen LogP contribution in [0.2, 0.25) is 0 Å². The number of nitrogens with zero attached hydrogens (tertiary/aromatic N) is 1. The molecule has 3 saturated heterocycles. The molecule has 17 heavy (non-hydrogen) atoms. The summed E-state index contributed by atoms with van der Waals surface area (Å²) < 4.78 is 10.8. The SMILES string of the molecule is c1cc2c(cc1C1CN3CCC1CC3)OCO2. The second-order valence-electron chi connectivity index (χ2n) is 5.36. The molecule has 0 spiro atoms. The molecule has 0 aromatic heterocycles. The highest BCUT2D eigenvalue weighted by molar-refractivity contribution is 5.45. The van der Waals surface area contributed by atoms with Crippen LogP contribution in [-0.2, 0) is 0 Å². The summed E-state index contributed by atoms with van der Waals surface area (Å²) in [5.74, 6) is 3.40. The van der Waals surface area contributed by atoms with Gasteiger partial charge >= 0.3 is 0 Å². The molecule has 3 nitrogen and oxygen atoms in total. The summed E-state index contributed by atoms with van der Waals surface area (Å²) in [6.07, 6.45) is 2.72. The summed E-state index contributed by atoms with van der Waals surface area (Å²) in [4.78, 5) is 2.59. The minimum absolute atomic E-state index is 0.374. The average molecular weight is 231 g/mol. The number of benzene rings is 1. The van der Waals surface area contributed by atoms with Gasteiger partial charge in [-0.15, -0.1) is 0 Å². The average Bonchev–Trinajstić information content (AvgIpc) is 2.87. The second kappa shape index (κ2) is 3.64. The van der Waals surface area contributed by atoms with Crippen LogP contribution in [-0.4, -0.2) is 31.3 Å². The number of hydrogen-bond acceptors (Lipinski definition) is 3. The molecule has 0 aliphatic carbocycles. The quantitative estimate of drug-likeness (QED) is 0.739. The van der Waals surface area contributed by atoms with Crippen LogP contribution in [0.15, 0.2) is 18.2 Å². The Morgan fingerprint density at radius 1 is 1.06 bits per heavy atom. The first-order valence-corrected chi connectivity index (χ1v) is 6.52. The summed E-state index contributed by atoms with van der Waals surface area (Å²) in [6, 6.07) is 6.48. The molecular formula is C14H17NO2. The van der Waals surface area contributed by atoms with Crippen LogP contribution < -0.4 is 9.47 Å². The van der Waals surface area contributed by atoms with Crippen molar-refractivity contribution in [2.24, 2.45) is 5.92 Å². The summed E-state index contributed by atoms with van der Waals surface area (Å²) in [6.45, 7) is 4.20. The molecule has 2 bridgehead atoms. The predicted octanol–water partition coefficient (Wildman–Crippen LogP) is 2.22. The van der Waals surface area contributed by atoms with Crippen LogP contribution in [0.5, 0.6) is 11.5 Å². The lowest BCUT2D eigenvalue weighted by atomic mass is 9.75. The minimum Gasteiger partial charge on any atom is -0.454 e. The van der Waals surface area contributed by atoms with Crippen molar-refractivity contribution >= 4 is 0 Å². The van der Waals surface area contributed by atoms with Gasteiger partial charge in [-0.3, -0.25) is 0 Å². The largest absolute Gasteiger partial charge is 0.454 e. The summed E-state index contributed by atoms with van der Waals surface area (Å²) in [5, 5.41) is 0. The molecule has 1 unspecified atom stereocenters. The van der Waals surface area contributed by atoms with Gasteiger partial charge in [0.2, 0.25) is 6.79 Å². The maximum absolute atomic E-state index is 5.47. The third-order valence-corrected chi connectivity index (χ3v) is 4.48. The van der Waals surface area contributed by atoms with Crippen molar-refractivity contribution in [2.75, 3.05) is 26.4 Å². The lowest BCUT2D eigenvalue weighted by molar-refractivity contribution is 0.0870. The van der Waals surface area contributed by atoms with Gasteiger partial charge in [0.05, 0.1) is 0 Å². The Labute approximate surface area is 101 Å². The molecule has 1 aromatic carbocycles. The van der Waals surface area contributed by atoms with E-state index in [1.807, 2.05) is 0 Å². The van der Waals surface area contributed by atoms with Crippen molar-refractivity contribution in [3.05, 3.63) is 23.8 Å². The van der Waals surface area contributed by atoms with Crippen LogP contribution >= 0.6 is 0 Å². The molecule has 0 N–H and O–H groups in total. The number of hydrogen-bond donors (Lipinski definition) is 0. The van der Waals surface area contributed by atoms with E-state index in [1.165, 1.54) is 38.0 Å². The van der Waals surface area contributed by atoms with Gasteiger partial charge in [0.15, 0.2) is 11.5 Å². The fraction of sp³-hybridized carbons (Fsp3) is 0.571. The van der Waals surface area contributed by atoms with E-state index in [2.05, 4.69) is 23.1 Å². The van der Waals surface area contributed by atoms with Gasteiger partial charge < -0.3 is 14.4 Å². The lowest BCUT2D eigenvalue weighted by Crippen LogP contribution is -2.46. The van der Waals surface area contributed by atoms with Gasteiger partial charge in [-0.1, -0.05) is 6.07 Å². The molecule has 4 heterocycles. The van der Waals surface area contributed by atoms with E-state index in [4.69, 9.17) is 9.47 Å². The Kier molecular flexibility index (Phi) is 2.09. The smallest absolute Gasteiger partial charge is 0.231 e. The van der Waals surface area contributed by atoms with Gasteiger partial charge in [0, 0.05) is 6.54 Å². The van der Waals surface area contributed by atoms with E-state index in [1.54, 1.807) is 0 Å². The van der Waals surface area contributed by atoms with Crippen LogP contribution in [0.3, 0.4) is 0 Å². The van der Waals surface area contributed by atoms with Crippen molar-refractivity contribution in [3.8, 4) is 11.5 Å². The highest BCUT2D eigenvalue weighted by atomic mass is 16.7. The first kappa shape index (κ1) is 9.77. The van der Waals surface area contributed by atoms with Gasteiger partial charge in [-0.25, -0.2) is 0 Å². The summed E-state index contributed by atoms with van der Waals surface area (Å²) in [5.41, 5.74) is 1.43. The minimum atomic E-state index is 0.374. The van der Waals surface area contributed by atoms with Crippen molar-refractivity contribution < 1.29 is 9.47 Å². The van der Waals surface area contributed by atoms with Gasteiger partial charge in [-0.05, 0) is 55.5 Å². The maximum Gasteiger partial charge on any atom is 0.231 e. The van der Waals surface area contributed by atoms with Crippen LogP contribution in [0.1, 0.15) is 24.3 Å². The topological polar surface area (TPSA) is 21.7 Å². The van der Waals surface area contributed by atoms with Crippen LogP contribution in [0, 0.1) is 5.92 Å². The lowest BCUT2D eigenvalue weighted by Gasteiger charge is -2.45. The molecular weight excluding hydrogens is 214 g/mol. The second-order valence-corrected chi connectivity index (χ2v) is 5.36. The van der Waals surface area contributed by atoms with Crippen molar-refractivity contribution in [1.29, 1.82) is 0 Å². The zero-order chi connectivity index (χ0) is 11.2. The normalized spacial score (nSPS) is 34.0. The number of ether oxygens (including phenoxy) is 2. The highest BCUT2D eigenvalue weighted by Crippen LogP contribution is 2.42. The molecule has 5 rings (SSSR count). The Morgan fingerprint density at radius 2 is 1.88 bits per heavy atom. The monoisotopic (exact) mass is 231 g/mol. The molecule has 4 aliphatic heterocycles. The van der Waals surface area contributed by atoms with Gasteiger partial charge in [0.25, 0.3) is 0 Å². The number of piperidine rings is 3. The number of fused-ring (bicyclic) bond motifs is 4. The van der Waals surface area contributed by atoms with Crippen LogP contribution in [0.4, 0.5) is 0 Å². The summed E-state index contributed by atoms with van der Waals surface area (Å²) in [7, 11) is 0. The van der Waals surface area contributed by atoms with Crippen molar-refractivity contribution in [2.45, 2.75) is 18.8 Å². The Morgan fingerprint density at radius 3 is 2.65 bits per heavy atom. The number of rotatable bonds is 1.